The van der Waals surface area contributed by atoms with Gasteiger partial charge < -0.3 is 9.42 Å². The number of amides is 1. The van der Waals surface area contributed by atoms with Gasteiger partial charge in [-0.05, 0) is 49.9 Å². The largest absolute Gasteiger partial charge is 0.339 e. The summed E-state index contributed by atoms with van der Waals surface area (Å²) < 4.78 is 18.5. The Morgan fingerprint density at radius 1 is 1.08 bits per heavy atom. The fraction of sp³-hybridized carbons (Fsp3) is 0.526. The number of rotatable bonds is 3. The van der Waals surface area contributed by atoms with Gasteiger partial charge in [-0.15, -0.1) is 0 Å². The van der Waals surface area contributed by atoms with Crippen molar-refractivity contribution in [2.75, 3.05) is 13.1 Å². The van der Waals surface area contributed by atoms with Crippen LogP contribution >= 0.6 is 0 Å². The van der Waals surface area contributed by atoms with Crippen molar-refractivity contribution in [3.63, 3.8) is 0 Å². The molecule has 2 fully saturated rings. The maximum atomic E-state index is 13.1. The van der Waals surface area contributed by atoms with E-state index in [4.69, 9.17) is 4.52 Å². The summed E-state index contributed by atoms with van der Waals surface area (Å²) in [5.41, 5.74) is 0.516. The van der Waals surface area contributed by atoms with Gasteiger partial charge in [0.1, 0.15) is 5.82 Å². The Labute approximate surface area is 146 Å². The molecule has 2 aromatic rings. The smallest absolute Gasteiger partial charge is 0.253 e. The maximum Gasteiger partial charge on any atom is 0.253 e. The van der Waals surface area contributed by atoms with E-state index in [9.17, 15) is 9.18 Å². The molecule has 1 saturated heterocycles. The Kier molecular flexibility index (Phi) is 4.51. The first kappa shape index (κ1) is 16.2. The minimum absolute atomic E-state index is 0.0655. The Bertz CT molecular complexity index is 737. The van der Waals surface area contributed by atoms with Gasteiger partial charge in [-0.2, -0.15) is 4.98 Å². The van der Waals surface area contributed by atoms with Crippen LogP contribution in [0.5, 0.6) is 0 Å². The molecular weight excluding hydrogens is 321 g/mol. The molecule has 1 atom stereocenters. The lowest BCUT2D eigenvalue weighted by molar-refractivity contribution is 0.0703. The van der Waals surface area contributed by atoms with E-state index in [-0.39, 0.29) is 17.6 Å². The third-order valence-corrected chi connectivity index (χ3v) is 5.33. The summed E-state index contributed by atoms with van der Waals surface area (Å²) >= 11 is 0. The third-order valence-electron chi connectivity index (χ3n) is 5.33. The van der Waals surface area contributed by atoms with Crippen LogP contribution in [0.3, 0.4) is 0 Å². The normalized spacial score (nSPS) is 21.6. The Morgan fingerprint density at radius 2 is 1.80 bits per heavy atom. The fourth-order valence-corrected chi connectivity index (χ4v) is 3.90. The molecule has 5 nitrogen and oxygen atoms in total. The van der Waals surface area contributed by atoms with E-state index in [0.29, 0.717) is 24.6 Å². The second-order valence-electron chi connectivity index (χ2n) is 7.07. The van der Waals surface area contributed by atoms with E-state index in [0.717, 1.165) is 37.4 Å². The molecule has 4 rings (SSSR count). The predicted octanol–water partition coefficient (Wildman–Crippen LogP) is 3.89. The molecule has 1 aromatic carbocycles. The van der Waals surface area contributed by atoms with Gasteiger partial charge in [0, 0.05) is 30.5 Å². The molecule has 2 aliphatic rings. The number of hydrogen-bond acceptors (Lipinski definition) is 4. The van der Waals surface area contributed by atoms with Crippen molar-refractivity contribution < 1.29 is 13.7 Å². The van der Waals surface area contributed by atoms with Gasteiger partial charge in [-0.1, -0.05) is 18.0 Å². The van der Waals surface area contributed by atoms with Crippen LogP contribution in [0.1, 0.15) is 72.4 Å². The van der Waals surface area contributed by atoms with Gasteiger partial charge in [-0.25, -0.2) is 4.39 Å². The highest BCUT2D eigenvalue weighted by molar-refractivity contribution is 5.94. The number of halogens is 1. The standard InChI is InChI=1S/C19H22FN3O2/c20-16-9-7-14(8-10-16)19(24)23-11-3-6-15(12-23)17-21-18(25-22-17)13-4-1-2-5-13/h7-10,13,15H,1-6,11-12H2. The van der Waals surface area contributed by atoms with Crippen molar-refractivity contribution in [2.24, 2.45) is 0 Å². The number of piperidine rings is 1. The van der Waals surface area contributed by atoms with Crippen molar-refractivity contribution in [3.8, 4) is 0 Å². The minimum Gasteiger partial charge on any atom is -0.339 e. The fourth-order valence-electron chi connectivity index (χ4n) is 3.90. The molecule has 0 N–H and O–H groups in total. The Morgan fingerprint density at radius 3 is 2.56 bits per heavy atom. The molecule has 1 aromatic heterocycles. The summed E-state index contributed by atoms with van der Waals surface area (Å²) in [5.74, 6) is 1.59. The van der Waals surface area contributed by atoms with Crippen LogP contribution in [0, 0.1) is 5.82 Å². The molecule has 1 saturated carbocycles. The lowest BCUT2D eigenvalue weighted by Gasteiger charge is -2.31. The highest BCUT2D eigenvalue weighted by Gasteiger charge is 2.30. The molecule has 6 heteroatoms. The number of aromatic nitrogens is 2. The van der Waals surface area contributed by atoms with Crippen molar-refractivity contribution in [1.82, 2.24) is 15.0 Å². The maximum absolute atomic E-state index is 13.1. The van der Waals surface area contributed by atoms with E-state index in [2.05, 4.69) is 10.1 Å². The van der Waals surface area contributed by atoms with Gasteiger partial charge in [0.15, 0.2) is 5.82 Å². The van der Waals surface area contributed by atoms with Gasteiger partial charge in [0.25, 0.3) is 5.91 Å². The topological polar surface area (TPSA) is 59.2 Å². The van der Waals surface area contributed by atoms with Crippen LogP contribution < -0.4 is 0 Å². The van der Waals surface area contributed by atoms with Gasteiger partial charge in [0.05, 0.1) is 0 Å². The molecule has 1 unspecified atom stereocenters. The van der Waals surface area contributed by atoms with Crippen LogP contribution in [-0.2, 0) is 0 Å². The van der Waals surface area contributed by atoms with E-state index in [1.807, 2.05) is 4.90 Å². The van der Waals surface area contributed by atoms with Gasteiger partial charge in [0.2, 0.25) is 5.89 Å². The van der Waals surface area contributed by atoms with Crippen molar-refractivity contribution in [3.05, 3.63) is 47.4 Å². The average Bonchev–Trinajstić information content (AvgIpc) is 3.33. The van der Waals surface area contributed by atoms with Crippen molar-refractivity contribution in [2.45, 2.75) is 50.4 Å². The van der Waals surface area contributed by atoms with E-state index < -0.39 is 0 Å². The Balaban J connectivity index is 1.45. The zero-order valence-corrected chi connectivity index (χ0v) is 14.2. The summed E-state index contributed by atoms with van der Waals surface area (Å²) in [6.07, 6.45) is 6.57. The second-order valence-corrected chi connectivity index (χ2v) is 7.07. The monoisotopic (exact) mass is 343 g/mol. The summed E-state index contributed by atoms with van der Waals surface area (Å²) in [7, 11) is 0. The predicted molar refractivity (Wildman–Crippen MR) is 89.8 cm³/mol. The molecule has 1 aliphatic carbocycles. The zero-order chi connectivity index (χ0) is 17.2. The molecule has 1 aliphatic heterocycles. The first-order chi connectivity index (χ1) is 12.2. The van der Waals surface area contributed by atoms with E-state index >= 15 is 0 Å². The summed E-state index contributed by atoms with van der Waals surface area (Å²) in [6.45, 7) is 1.29. The number of hydrogen-bond donors (Lipinski definition) is 0. The number of likely N-dealkylation sites (tertiary alicyclic amines) is 1. The third kappa shape index (κ3) is 3.43. The molecule has 2 heterocycles. The molecule has 25 heavy (non-hydrogen) atoms. The number of carbonyl (C=O) groups is 1. The SMILES string of the molecule is O=C(c1ccc(F)cc1)N1CCCC(c2noc(C3CCCC3)n2)C1. The van der Waals surface area contributed by atoms with E-state index in [1.165, 1.54) is 37.1 Å². The van der Waals surface area contributed by atoms with Crippen molar-refractivity contribution >= 4 is 5.91 Å². The molecule has 0 bridgehead atoms. The number of nitrogens with zero attached hydrogens (tertiary/aromatic N) is 3. The lowest BCUT2D eigenvalue weighted by Crippen LogP contribution is -2.39. The molecular formula is C19H22FN3O2. The molecule has 132 valence electrons. The lowest BCUT2D eigenvalue weighted by atomic mass is 9.96. The van der Waals surface area contributed by atoms with Gasteiger partial charge >= 0.3 is 0 Å². The number of benzene rings is 1. The molecule has 0 spiro atoms. The van der Waals surface area contributed by atoms with Gasteiger partial charge in [-0.3, -0.25) is 4.79 Å². The minimum atomic E-state index is -0.334. The molecule has 0 radical (unpaired) electrons. The zero-order valence-electron chi connectivity index (χ0n) is 14.2. The summed E-state index contributed by atoms with van der Waals surface area (Å²) in [5, 5.41) is 4.19. The summed E-state index contributed by atoms with van der Waals surface area (Å²) in [4.78, 5) is 19.1. The average molecular weight is 343 g/mol. The second kappa shape index (κ2) is 6.94. The van der Waals surface area contributed by atoms with E-state index in [1.54, 1.807) is 0 Å². The quantitative estimate of drug-likeness (QED) is 0.848. The van der Waals surface area contributed by atoms with Crippen LogP contribution in [0.15, 0.2) is 28.8 Å². The first-order valence-corrected chi connectivity index (χ1v) is 9.09. The highest BCUT2D eigenvalue weighted by atomic mass is 19.1. The van der Waals surface area contributed by atoms with Crippen LogP contribution in [0.2, 0.25) is 0 Å². The van der Waals surface area contributed by atoms with Crippen LogP contribution in [0.25, 0.3) is 0 Å². The number of carbonyl (C=O) groups excluding carboxylic acids is 1. The molecule has 1 amide bonds. The highest BCUT2D eigenvalue weighted by Crippen LogP contribution is 2.34. The Hall–Kier alpha value is -2.24. The first-order valence-electron chi connectivity index (χ1n) is 9.09. The van der Waals surface area contributed by atoms with Crippen LogP contribution in [0.4, 0.5) is 4.39 Å². The van der Waals surface area contributed by atoms with Crippen LogP contribution in [-0.4, -0.2) is 34.0 Å². The summed E-state index contributed by atoms with van der Waals surface area (Å²) in [6, 6.07) is 5.71. The van der Waals surface area contributed by atoms with Crippen molar-refractivity contribution in [1.29, 1.82) is 0 Å².